The molecule has 3 N–H and O–H groups in total. The van der Waals surface area contributed by atoms with Crippen LogP contribution in [0.3, 0.4) is 0 Å². The van der Waals surface area contributed by atoms with Gasteiger partial charge in [-0.3, -0.25) is 9.59 Å². The van der Waals surface area contributed by atoms with Crippen molar-refractivity contribution in [1.82, 2.24) is 9.97 Å². The van der Waals surface area contributed by atoms with Crippen LogP contribution in [0.5, 0.6) is 17.2 Å². The lowest BCUT2D eigenvalue weighted by molar-refractivity contribution is -0.129. The van der Waals surface area contributed by atoms with Gasteiger partial charge < -0.3 is 29.6 Å². The Morgan fingerprint density at radius 1 is 1.26 bits per heavy atom. The van der Waals surface area contributed by atoms with E-state index in [1.165, 1.54) is 26.4 Å². The highest BCUT2D eigenvalue weighted by molar-refractivity contribution is 6.36. The van der Waals surface area contributed by atoms with E-state index < -0.39 is 23.1 Å². The van der Waals surface area contributed by atoms with Gasteiger partial charge in [-0.1, -0.05) is 18.5 Å². The number of hydrogen-bond acceptors (Lipinski definition) is 8. The van der Waals surface area contributed by atoms with Crippen LogP contribution in [-0.4, -0.2) is 46.5 Å². The molecule has 0 saturated heterocycles. The number of carbonyl (C=O) groups excluding carboxylic acids is 2. The number of ketones is 2. The zero-order valence-electron chi connectivity index (χ0n) is 18.7. The second-order valence-electron chi connectivity index (χ2n) is 8.30. The zero-order chi connectivity index (χ0) is 24.2. The first-order valence-corrected chi connectivity index (χ1v) is 11.0. The molecule has 0 saturated carbocycles. The maximum absolute atomic E-state index is 13.6. The van der Waals surface area contributed by atoms with Crippen LogP contribution in [0.15, 0.2) is 36.0 Å². The number of Topliss-reactive ketones (excluding diaryl/α,β-unsaturated/α-hetero) is 1. The van der Waals surface area contributed by atoms with E-state index in [0.29, 0.717) is 17.9 Å². The monoisotopic (exact) mass is 483 g/mol. The normalized spacial score (nSPS) is 21.4. The fourth-order valence-corrected chi connectivity index (χ4v) is 4.88. The number of allylic oxidation sites excluding steroid dienone is 1. The molecule has 0 radical (unpaired) electrons. The Hall–Kier alpha value is -3.56. The number of fused-ring (bicyclic) bond motifs is 2. The number of aromatic nitrogens is 2. The molecule has 0 unspecified atom stereocenters. The fourth-order valence-electron chi connectivity index (χ4n) is 4.62. The highest BCUT2D eigenvalue weighted by atomic mass is 35.5. The first kappa shape index (κ1) is 22.2. The largest absolute Gasteiger partial charge is 0.496 e. The third-order valence-corrected chi connectivity index (χ3v) is 6.65. The van der Waals surface area contributed by atoms with Crippen molar-refractivity contribution in [2.45, 2.75) is 25.6 Å². The summed E-state index contributed by atoms with van der Waals surface area (Å²) in [5, 5.41) is 12.6. The number of carbonyl (C=O) groups is 2. The summed E-state index contributed by atoms with van der Waals surface area (Å²) in [7, 11) is 2.87. The minimum absolute atomic E-state index is 0.0947. The number of anilines is 1. The van der Waals surface area contributed by atoms with Gasteiger partial charge in [0.1, 0.15) is 34.5 Å². The van der Waals surface area contributed by atoms with Gasteiger partial charge in [-0.25, -0.2) is 4.98 Å². The van der Waals surface area contributed by atoms with Crippen molar-refractivity contribution in [3.63, 3.8) is 0 Å². The van der Waals surface area contributed by atoms with Crippen LogP contribution in [0, 0.1) is 5.92 Å². The van der Waals surface area contributed by atoms with E-state index in [0.717, 1.165) is 16.7 Å². The number of methoxy groups -OCH3 is 2. The third-order valence-electron chi connectivity index (χ3n) is 6.30. The minimum Gasteiger partial charge on any atom is -0.496 e. The molecule has 2 heterocycles. The van der Waals surface area contributed by atoms with E-state index in [1.54, 1.807) is 6.92 Å². The molecular weight excluding hydrogens is 462 g/mol. The molecule has 5 rings (SSSR count). The molecule has 176 valence electrons. The number of rotatable bonds is 5. The molecule has 2 aliphatic rings. The molecular formula is C24H22ClN3O6. The molecule has 0 bridgehead atoms. The molecule has 2 aromatic carbocycles. The average molecular weight is 484 g/mol. The highest BCUT2D eigenvalue weighted by Crippen LogP contribution is 2.53. The van der Waals surface area contributed by atoms with E-state index in [9.17, 15) is 14.7 Å². The SMILES string of the molecule is COc1cc(OC)c2c(c1Cl)O[C@@]1(C(=O)C=C(Nc3ccc4nc(CO)[nH]c4c3)C[C@H]1C)C2=O. The first-order valence-electron chi connectivity index (χ1n) is 10.6. The second-order valence-corrected chi connectivity index (χ2v) is 8.68. The molecule has 0 amide bonds. The van der Waals surface area contributed by atoms with Gasteiger partial charge >= 0.3 is 0 Å². The number of nitrogens with zero attached hydrogens (tertiary/aromatic N) is 1. The number of nitrogens with one attached hydrogen (secondary N) is 2. The van der Waals surface area contributed by atoms with Gasteiger partial charge in [0, 0.05) is 29.4 Å². The summed E-state index contributed by atoms with van der Waals surface area (Å²) in [6.45, 7) is 1.60. The molecule has 1 aromatic heterocycles. The number of halogens is 1. The van der Waals surface area contributed by atoms with Gasteiger partial charge in [0.05, 0.1) is 25.3 Å². The van der Waals surface area contributed by atoms with Gasteiger partial charge in [0.15, 0.2) is 5.75 Å². The summed E-state index contributed by atoms with van der Waals surface area (Å²) in [4.78, 5) is 34.3. The predicted octanol–water partition coefficient (Wildman–Crippen LogP) is 3.64. The Morgan fingerprint density at radius 2 is 2.03 bits per heavy atom. The Bertz CT molecular complexity index is 1380. The fraction of sp³-hybridized carbons (Fsp3) is 0.292. The lowest BCUT2D eigenvalue weighted by Crippen LogP contribution is -2.55. The van der Waals surface area contributed by atoms with Crippen molar-refractivity contribution >= 4 is 39.9 Å². The van der Waals surface area contributed by atoms with Gasteiger partial charge in [-0.2, -0.15) is 0 Å². The molecule has 10 heteroatoms. The van der Waals surface area contributed by atoms with E-state index in [2.05, 4.69) is 15.3 Å². The van der Waals surface area contributed by atoms with Gasteiger partial charge in [-0.05, 0) is 24.6 Å². The number of imidazole rings is 1. The van der Waals surface area contributed by atoms with Crippen LogP contribution in [0.4, 0.5) is 5.69 Å². The van der Waals surface area contributed by atoms with Crippen molar-refractivity contribution in [3.8, 4) is 17.2 Å². The summed E-state index contributed by atoms with van der Waals surface area (Å²) < 4.78 is 16.7. The van der Waals surface area contributed by atoms with Crippen LogP contribution in [0.1, 0.15) is 29.5 Å². The van der Waals surface area contributed by atoms with Crippen molar-refractivity contribution in [3.05, 3.63) is 52.4 Å². The van der Waals surface area contributed by atoms with Crippen LogP contribution in [-0.2, 0) is 11.4 Å². The number of hydrogen-bond donors (Lipinski definition) is 3. The maximum Gasteiger partial charge on any atom is 0.236 e. The summed E-state index contributed by atoms with van der Waals surface area (Å²) in [5.74, 6) is -0.356. The van der Waals surface area contributed by atoms with E-state index in [1.807, 2.05) is 18.2 Å². The zero-order valence-corrected chi connectivity index (χ0v) is 19.4. The topological polar surface area (TPSA) is 123 Å². The highest BCUT2D eigenvalue weighted by Gasteiger charge is 2.60. The summed E-state index contributed by atoms with van der Waals surface area (Å²) >= 11 is 6.42. The van der Waals surface area contributed by atoms with Crippen LogP contribution in [0.2, 0.25) is 5.02 Å². The summed E-state index contributed by atoms with van der Waals surface area (Å²) in [6.07, 6.45) is 1.78. The molecule has 3 aromatic rings. The molecule has 34 heavy (non-hydrogen) atoms. The number of aliphatic hydroxyl groups is 1. The van der Waals surface area contributed by atoms with Gasteiger partial charge in [0.25, 0.3) is 0 Å². The Kier molecular flexibility index (Phi) is 5.26. The van der Waals surface area contributed by atoms with E-state index in [-0.39, 0.29) is 34.4 Å². The van der Waals surface area contributed by atoms with Crippen LogP contribution < -0.4 is 19.5 Å². The van der Waals surface area contributed by atoms with Crippen molar-refractivity contribution < 1.29 is 28.9 Å². The number of benzene rings is 2. The first-order chi connectivity index (χ1) is 16.3. The third kappa shape index (κ3) is 3.15. The Labute approximate surface area is 199 Å². The lowest BCUT2D eigenvalue weighted by Gasteiger charge is -2.35. The number of aliphatic hydroxyl groups excluding tert-OH is 1. The molecule has 9 nitrogen and oxygen atoms in total. The number of H-pyrrole nitrogens is 1. The molecule has 1 aliphatic heterocycles. The maximum atomic E-state index is 13.6. The summed E-state index contributed by atoms with van der Waals surface area (Å²) in [6, 6.07) is 6.99. The van der Waals surface area contributed by atoms with Crippen molar-refractivity contribution in [1.29, 1.82) is 0 Å². The summed E-state index contributed by atoms with van der Waals surface area (Å²) in [5.41, 5.74) is 1.27. The molecule has 1 spiro atoms. The van der Waals surface area contributed by atoms with Crippen LogP contribution >= 0.6 is 11.6 Å². The van der Waals surface area contributed by atoms with E-state index in [4.69, 9.17) is 25.8 Å². The van der Waals surface area contributed by atoms with Gasteiger partial charge in [-0.15, -0.1) is 0 Å². The van der Waals surface area contributed by atoms with Gasteiger partial charge in [0.2, 0.25) is 17.2 Å². The molecule has 2 atom stereocenters. The average Bonchev–Trinajstić information content (AvgIpc) is 3.38. The smallest absolute Gasteiger partial charge is 0.236 e. The lowest BCUT2D eigenvalue weighted by atomic mass is 9.74. The standard InChI is InChI=1S/C24H22ClN3O6/c1-11-6-13(26-12-4-5-14-15(7-12)28-19(10-29)27-14)8-18(30)24(11)23(31)20-16(32-2)9-17(33-3)21(25)22(20)34-24/h4-5,7-9,11,26,29H,6,10H2,1-3H3,(H,27,28)/t11-,24+/m1/s1. The van der Waals surface area contributed by atoms with Crippen molar-refractivity contribution in [2.75, 3.05) is 19.5 Å². The number of ether oxygens (including phenoxy) is 3. The molecule has 0 fully saturated rings. The number of aromatic amines is 1. The Balaban J connectivity index is 1.48. The predicted molar refractivity (Wildman–Crippen MR) is 125 cm³/mol. The quantitative estimate of drug-likeness (QED) is 0.470. The van der Waals surface area contributed by atoms with Crippen LogP contribution in [0.25, 0.3) is 11.0 Å². The minimum atomic E-state index is -1.72. The van der Waals surface area contributed by atoms with Crippen molar-refractivity contribution in [2.24, 2.45) is 5.92 Å². The molecule has 1 aliphatic carbocycles. The van der Waals surface area contributed by atoms with E-state index >= 15 is 0 Å². The second kappa shape index (κ2) is 8.03. The Morgan fingerprint density at radius 3 is 2.71 bits per heavy atom.